The molecule has 0 radical (unpaired) electrons. The maximum Gasteiger partial charge on any atom is 0.306 e. The second-order valence-electron chi connectivity index (χ2n) is 14.3. The van der Waals surface area contributed by atoms with E-state index in [1.165, 1.54) is 0 Å². The predicted octanol–water partition coefficient (Wildman–Crippen LogP) is 5.20. The normalized spacial score (nSPS) is 24.5. The highest BCUT2D eigenvalue weighted by molar-refractivity contribution is 6.05. The molecule has 8 atom stereocenters. The average Bonchev–Trinajstić information content (AvgIpc) is 3.83. The van der Waals surface area contributed by atoms with Crippen molar-refractivity contribution in [1.82, 2.24) is 10.2 Å². The molecule has 0 saturated carbocycles. The third kappa shape index (κ3) is 7.78. The lowest BCUT2D eigenvalue weighted by atomic mass is 9.70. The lowest BCUT2D eigenvalue weighted by molar-refractivity contribution is -0.147. The van der Waals surface area contributed by atoms with Crippen LogP contribution in [0.15, 0.2) is 79.9 Å². The van der Waals surface area contributed by atoms with Crippen LogP contribution in [0.25, 0.3) is 0 Å². The first-order valence-corrected chi connectivity index (χ1v) is 19.1. The number of rotatable bonds is 19. The van der Waals surface area contributed by atoms with Gasteiger partial charge in [0.1, 0.15) is 18.2 Å². The fourth-order valence-corrected chi connectivity index (χ4v) is 8.52. The number of fused-ring (bicyclic) bond motifs is 1. The molecule has 0 unspecified atom stereocenters. The number of anilines is 2. The van der Waals surface area contributed by atoms with Crippen molar-refractivity contribution >= 4 is 35.1 Å². The third-order valence-electron chi connectivity index (χ3n) is 11.5. The van der Waals surface area contributed by atoms with Gasteiger partial charge in [-0.15, -0.1) is 13.2 Å². The first-order chi connectivity index (χ1) is 25.6. The molecule has 2 bridgehead atoms. The molecule has 5 rings (SSSR count). The van der Waals surface area contributed by atoms with Gasteiger partial charge in [0.05, 0.1) is 36.6 Å². The number of carbonyl (C=O) groups excluding carboxylic acids is 4. The number of benzene rings is 2. The Bertz CT molecular complexity index is 1610. The van der Waals surface area contributed by atoms with Gasteiger partial charge in [-0.3, -0.25) is 19.2 Å². The van der Waals surface area contributed by atoms with Gasteiger partial charge in [-0.05, 0) is 68.9 Å². The summed E-state index contributed by atoms with van der Waals surface area (Å²) in [6.45, 7) is 17.1. The van der Waals surface area contributed by atoms with E-state index in [1.54, 1.807) is 22.0 Å². The number of aliphatic hydroxyl groups excluding tert-OH is 1. The SMILES string of the molecule is C=CCCC(=O)OC[C@H](NC(=O)[C@@H]1[C@H]2C(=O)N([C@@H](CO)[C@@H](C)CC)[C@H](C(=O)N(CC=C)c3ccc(N(CC)CC)cc3)[C@]23CC[C@H]1O3)c1ccccc1. The Kier molecular flexibility index (Phi) is 13.2. The van der Waals surface area contributed by atoms with Gasteiger partial charge >= 0.3 is 5.97 Å². The third-order valence-corrected chi connectivity index (χ3v) is 11.5. The van der Waals surface area contributed by atoms with Crippen LogP contribution in [0.2, 0.25) is 0 Å². The molecule has 2 N–H and O–H groups in total. The first-order valence-electron chi connectivity index (χ1n) is 19.1. The zero-order chi connectivity index (χ0) is 38.3. The molecule has 11 heteroatoms. The van der Waals surface area contributed by atoms with Crippen LogP contribution in [0.3, 0.4) is 0 Å². The number of allylic oxidation sites excluding steroid dienone is 1. The maximum atomic E-state index is 15.1. The van der Waals surface area contributed by atoms with Crippen molar-refractivity contribution in [2.45, 2.75) is 89.6 Å². The van der Waals surface area contributed by atoms with Crippen molar-refractivity contribution in [2.24, 2.45) is 17.8 Å². The molecule has 53 heavy (non-hydrogen) atoms. The molecule has 3 aliphatic heterocycles. The zero-order valence-corrected chi connectivity index (χ0v) is 31.6. The Morgan fingerprint density at radius 1 is 1.06 bits per heavy atom. The minimum Gasteiger partial charge on any atom is -0.463 e. The molecule has 2 aromatic carbocycles. The molecule has 0 aromatic heterocycles. The highest BCUT2D eigenvalue weighted by Gasteiger charge is 2.75. The van der Waals surface area contributed by atoms with Gasteiger partial charge in [0, 0.05) is 37.4 Å². The number of hydrogen-bond acceptors (Lipinski definition) is 8. The summed E-state index contributed by atoms with van der Waals surface area (Å²) in [6, 6.07) is 14.6. The molecular formula is C42H56N4O7. The van der Waals surface area contributed by atoms with E-state index >= 15 is 4.79 Å². The van der Waals surface area contributed by atoms with Gasteiger partial charge in [0.25, 0.3) is 5.91 Å². The molecule has 3 saturated heterocycles. The summed E-state index contributed by atoms with van der Waals surface area (Å²) in [6.07, 6.45) is 4.91. The lowest BCUT2D eigenvalue weighted by Gasteiger charge is -2.41. The zero-order valence-electron chi connectivity index (χ0n) is 31.6. The minimum atomic E-state index is -1.28. The van der Waals surface area contributed by atoms with E-state index in [0.717, 1.165) is 24.3 Å². The van der Waals surface area contributed by atoms with E-state index in [-0.39, 0.29) is 43.9 Å². The first kappa shape index (κ1) is 39.7. The number of esters is 1. The molecular weight excluding hydrogens is 672 g/mol. The Hall–Kier alpha value is -4.48. The van der Waals surface area contributed by atoms with E-state index in [0.29, 0.717) is 31.4 Å². The topological polar surface area (TPSA) is 129 Å². The maximum absolute atomic E-state index is 15.1. The lowest BCUT2D eigenvalue weighted by Crippen LogP contribution is -2.60. The van der Waals surface area contributed by atoms with Gasteiger partial charge in [-0.25, -0.2) is 0 Å². The van der Waals surface area contributed by atoms with Crippen LogP contribution in [0.5, 0.6) is 0 Å². The van der Waals surface area contributed by atoms with E-state index in [9.17, 15) is 19.5 Å². The van der Waals surface area contributed by atoms with Gasteiger partial charge in [-0.1, -0.05) is 62.8 Å². The number of nitrogens with one attached hydrogen (secondary N) is 1. The van der Waals surface area contributed by atoms with Crippen LogP contribution >= 0.6 is 0 Å². The van der Waals surface area contributed by atoms with Crippen LogP contribution in [0.4, 0.5) is 11.4 Å². The summed E-state index contributed by atoms with van der Waals surface area (Å²) in [5.74, 6) is -3.50. The standard InChI is InChI=1S/C42H56N4O7/c1-7-12-18-35(48)52-27-32(29-16-14-13-15-17-29)43-39(49)36-34-23-24-42(53-34)37(36)40(50)46(33(26-47)28(6)9-3)38(42)41(51)45(25-8-2)31-21-19-30(20-22-31)44(10-4)11-5/h7-8,13-17,19-22,28,32-34,36-38,47H,1-2,9-12,18,23-27H2,3-6H3,(H,43,49)/t28-,32-,33-,34+,36-,37-,38+,42-/m0/s1. The van der Waals surface area contributed by atoms with Crippen molar-refractivity contribution in [3.8, 4) is 0 Å². The molecule has 286 valence electrons. The quantitative estimate of drug-likeness (QED) is 0.149. The second kappa shape index (κ2) is 17.6. The molecule has 3 fully saturated rings. The number of amides is 3. The van der Waals surface area contributed by atoms with E-state index in [2.05, 4.69) is 37.2 Å². The van der Waals surface area contributed by atoms with Crippen LogP contribution in [-0.4, -0.2) is 90.3 Å². The van der Waals surface area contributed by atoms with Crippen molar-refractivity contribution in [2.75, 3.05) is 42.6 Å². The summed E-state index contributed by atoms with van der Waals surface area (Å²) in [7, 11) is 0. The largest absolute Gasteiger partial charge is 0.463 e. The average molecular weight is 729 g/mol. The Labute approximate surface area is 314 Å². The van der Waals surface area contributed by atoms with Gasteiger partial charge in [0.15, 0.2) is 0 Å². The summed E-state index contributed by atoms with van der Waals surface area (Å²) in [4.78, 5) is 62.3. The Morgan fingerprint density at radius 2 is 1.74 bits per heavy atom. The minimum absolute atomic E-state index is 0.0921. The Balaban J connectivity index is 1.51. The predicted molar refractivity (Wildman–Crippen MR) is 205 cm³/mol. The van der Waals surface area contributed by atoms with Gasteiger partial charge in [-0.2, -0.15) is 0 Å². The molecule has 3 aliphatic rings. The summed E-state index contributed by atoms with van der Waals surface area (Å²) >= 11 is 0. The highest BCUT2D eigenvalue weighted by Crippen LogP contribution is 2.59. The van der Waals surface area contributed by atoms with E-state index < -0.39 is 53.5 Å². The van der Waals surface area contributed by atoms with Crippen molar-refractivity contribution in [1.29, 1.82) is 0 Å². The molecule has 0 aliphatic carbocycles. The molecule has 2 aromatic rings. The van der Waals surface area contributed by atoms with Crippen LogP contribution in [0, 0.1) is 17.8 Å². The number of likely N-dealkylation sites (tertiary alicyclic amines) is 1. The van der Waals surface area contributed by atoms with Crippen LogP contribution < -0.4 is 15.1 Å². The molecule has 11 nitrogen and oxygen atoms in total. The number of nitrogens with zero attached hydrogens (tertiary/aromatic N) is 3. The fraction of sp³-hybridized carbons (Fsp3) is 0.524. The van der Waals surface area contributed by atoms with E-state index in [1.807, 2.05) is 68.4 Å². The fourth-order valence-electron chi connectivity index (χ4n) is 8.52. The van der Waals surface area contributed by atoms with Crippen molar-refractivity contribution in [3.05, 3.63) is 85.5 Å². The van der Waals surface area contributed by atoms with Gasteiger partial charge < -0.3 is 34.6 Å². The number of ether oxygens (including phenoxy) is 2. The molecule has 3 amide bonds. The smallest absolute Gasteiger partial charge is 0.306 e. The molecule has 1 spiro atoms. The van der Waals surface area contributed by atoms with Crippen LogP contribution in [-0.2, 0) is 28.7 Å². The van der Waals surface area contributed by atoms with Crippen LogP contribution in [0.1, 0.15) is 71.4 Å². The van der Waals surface area contributed by atoms with E-state index in [4.69, 9.17) is 9.47 Å². The van der Waals surface area contributed by atoms with Crippen molar-refractivity contribution in [3.63, 3.8) is 0 Å². The summed E-state index contributed by atoms with van der Waals surface area (Å²) < 4.78 is 12.3. The highest BCUT2D eigenvalue weighted by atomic mass is 16.5. The number of aliphatic hydroxyl groups is 1. The second-order valence-corrected chi connectivity index (χ2v) is 14.3. The van der Waals surface area contributed by atoms with Gasteiger partial charge in [0.2, 0.25) is 11.8 Å². The number of hydrogen-bond donors (Lipinski definition) is 2. The Morgan fingerprint density at radius 3 is 2.34 bits per heavy atom. The summed E-state index contributed by atoms with van der Waals surface area (Å²) in [5.41, 5.74) is 1.15. The van der Waals surface area contributed by atoms with Crippen molar-refractivity contribution < 1.29 is 33.8 Å². The number of carbonyl (C=O) groups is 4. The monoisotopic (exact) mass is 728 g/mol. The molecule has 3 heterocycles. The summed E-state index contributed by atoms with van der Waals surface area (Å²) in [5, 5.41) is 13.9.